The van der Waals surface area contributed by atoms with Crippen LogP contribution in [0.4, 0.5) is 24.5 Å². The molecule has 0 saturated heterocycles. The van der Waals surface area contributed by atoms with Crippen molar-refractivity contribution in [1.82, 2.24) is 20.0 Å². The number of nitrogens with two attached hydrogens (primary N) is 1. The van der Waals surface area contributed by atoms with Gasteiger partial charge in [-0.2, -0.15) is 23.4 Å². The number of rotatable bonds is 8. The van der Waals surface area contributed by atoms with Gasteiger partial charge < -0.3 is 16.5 Å². The molecule has 2 aromatic carbocycles. The number of nitrogens with one attached hydrogen (secondary N) is 2. The number of aromatic nitrogens is 2. The van der Waals surface area contributed by atoms with Crippen molar-refractivity contribution in [2.75, 3.05) is 18.9 Å². The Labute approximate surface area is 200 Å². The number of carbonyl (C=O) groups is 2. The molecule has 1 heterocycles. The van der Waals surface area contributed by atoms with Gasteiger partial charge in [0.15, 0.2) is 6.29 Å². The maximum atomic E-state index is 12.6. The van der Waals surface area contributed by atoms with Gasteiger partial charge in [-0.3, -0.25) is 19.2 Å². The summed E-state index contributed by atoms with van der Waals surface area (Å²) in [5, 5.41) is 13.1. The van der Waals surface area contributed by atoms with Gasteiger partial charge in [0.1, 0.15) is 6.04 Å². The molecule has 12 heteroatoms. The van der Waals surface area contributed by atoms with Crippen LogP contribution in [-0.2, 0) is 18.4 Å². The minimum Gasteiger partial charge on any atom is -0.355 e. The predicted molar refractivity (Wildman–Crippen MR) is 130 cm³/mol. The second-order valence-corrected chi connectivity index (χ2v) is 7.85. The number of amides is 1. The second-order valence-electron chi connectivity index (χ2n) is 7.85. The van der Waals surface area contributed by atoms with Gasteiger partial charge in [0.25, 0.3) is 0 Å². The summed E-state index contributed by atoms with van der Waals surface area (Å²) in [6, 6.07) is 9.06. The number of likely N-dealkylation sites (N-methyl/N-ethyl adjacent to an activating group) is 1. The lowest BCUT2D eigenvalue weighted by Crippen LogP contribution is -2.46. The molecule has 0 saturated carbocycles. The normalized spacial score (nSPS) is 12.0. The average molecular weight is 492 g/mol. The van der Waals surface area contributed by atoms with Crippen molar-refractivity contribution in [3.8, 4) is 0 Å². The molecule has 3 aromatic rings. The van der Waals surface area contributed by atoms with Crippen molar-refractivity contribution in [2.45, 2.75) is 25.7 Å². The molecule has 0 aliphatic rings. The van der Waals surface area contributed by atoms with Crippen molar-refractivity contribution < 1.29 is 22.8 Å². The van der Waals surface area contributed by atoms with Gasteiger partial charge in [0, 0.05) is 42.6 Å². The number of aryl methyl sites for hydroxylation is 1. The molecular formula is C23H28F3N7O2. The molecule has 0 aliphatic heterocycles. The quantitative estimate of drug-likeness (QED) is 0.193. The number of halogens is 3. The molecule has 4 N–H and O–H groups in total. The van der Waals surface area contributed by atoms with Crippen molar-refractivity contribution >= 4 is 41.2 Å². The lowest BCUT2D eigenvalue weighted by Gasteiger charge is -2.21. The van der Waals surface area contributed by atoms with Crippen LogP contribution in [0.15, 0.2) is 47.7 Å². The number of benzene rings is 2. The second kappa shape index (κ2) is 12.0. The molecule has 0 unspecified atom stereocenters. The Morgan fingerprint density at radius 2 is 2.03 bits per heavy atom. The molecule has 1 atom stereocenters. The van der Waals surface area contributed by atoms with E-state index in [0.717, 1.165) is 29.8 Å². The zero-order valence-corrected chi connectivity index (χ0v) is 19.6. The smallest absolute Gasteiger partial charge is 0.355 e. The Hall–Kier alpha value is -3.93. The van der Waals surface area contributed by atoms with E-state index in [0.29, 0.717) is 16.8 Å². The molecule has 0 bridgehead atoms. The van der Waals surface area contributed by atoms with E-state index >= 15 is 0 Å². The number of nitrogens with zero attached hydrogens (tertiary/aromatic N) is 4. The number of hydrogen-bond donors (Lipinski definition) is 3. The third-order valence-electron chi connectivity index (χ3n) is 5.06. The van der Waals surface area contributed by atoms with Gasteiger partial charge in [-0.1, -0.05) is 12.1 Å². The Kier molecular flexibility index (Phi) is 9.34. The zero-order valence-electron chi connectivity index (χ0n) is 19.6. The van der Waals surface area contributed by atoms with Crippen LogP contribution in [0.25, 0.3) is 10.9 Å². The van der Waals surface area contributed by atoms with E-state index in [1.807, 2.05) is 30.6 Å². The first-order valence-electron chi connectivity index (χ1n) is 10.5. The van der Waals surface area contributed by atoms with E-state index < -0.39 is 18.1 Å². The monoisotopic (exact) mass is 491 g/mol. The van der Waals surface area contributed by atoms with Gasteiger partial charge in [-0.05, 0) is 43.8 Å². The lowest BCUT2D eigenvalue weighted by molar-refractivity contribution is -0.158. The Balaban J connectivity index is 0.00000137. The van der Waals surface area contributed by atoms with E-state index in [2.05, 4.69) is 28.1 Å². The maximum Gasteiger partial charge on any atom is 0.408 e. The largest absolute Gasteiger partial charge is 0.408 e. The molecule has 3 rings (SSSR count). The van der Waals surface area contributed by atoms with Crippen LogP contribution in [0.1, 0.15) is 22.8 Å². The van der Waals surface area contributed by atoms with Gasteiger partial charge in [-0.25, -0.2) is 0 Å². The molecule has 0 fully saturated rings. The summed E-state index contributed by atoms with van der Waals surface area (Å²) >= 11 is 0. The summed E-state index contributed by atoms with van der Waals surface area (Å²) in [6.07, 6.45) is -2.03. The maximum absolute atomic E-state index is 12.6. The summed E-state index contributed by atoms with van der Waals surface area (Å²) < 4.78 is 39.6. The molecule has 0 radical (unpaired) electrons. The standard InChI is InChI=1S/C22H24F3N5O2.CH4N2/c1-14(22(23,24)25)27-21(32)12-29(2)11-15-5-4-6-19(18(15)13-31)28-17-7-8-20-16(9-17)10-26-30(20)3;1-3-2/h4-10,13-14,28H,11-12H2,1-3H3,(H,27,32);1-2H2/t14-;/m0./s1. The number of alkyl halides is 3. The van der Waals surface area contributed by atoms with E-state index in [-0.39, 0.29) is 13.1 Å². The fraction of sp³-hybridized carbons (Fsp3) is 0.304. The van der Waals surface area contributed by atoms with Gasteiger partial charge in [0.05, 0.1) is 18.3 Å². The van der Waals surface area contributed by atoms with Gasteiger partial charge in [0.2, 0.25) is 5.91 Å². The summed E-state index contributed by atoms with van der Waals surface area (Å²) in [5.74, 6) is 3.61. The minimum absolute atomic E-state index is 0.207. The zero-order chi connectivity index (χ0) is 26.2. The van der Waals surface area contributed by atoms with Crippen LogP contribution in [0.5, 0.6) is 0 Å². The molecule has 9 nitrogen and oxygen atoms in total. The van der Waals surface area contributed by atoms with Crippen LogP contribution in [0.3, 0.4) is 0 Å². The van der Waals surface area contributed by atoms with Crippen LogP contribution in [0, 0.1) is 0 Å². The fourth-order valence-corrected chi connectivity index (χ4v) is 3.36. The number of aldehydes is 1. The predicted octanol–water partition coefficient (Wildman–Crippen LogP) is 3.19. The third-order valence-corrected chi connectivity index (χ3v) is 5.06. The van der Waals surface area contributed by atoms with E-state index in [1.54, 1.807) is 41.0 Å². The van der Waals surface area contributed by atoms with E-state index in [1.165, 1.54) is 0 Å². The first kappa shape index (κ1) is 27.3. The highest BCUT2D eigenvalue weighted by Crippen LogP contribution is 2.26. The molecule has 0 spiro atoms. The SMILES string of the molecule is C=NN.C[C@H](NC(=O)CN(C)Cc1cccc(Nc2ccc3c(cnn3C)c2)c1C=O)C(F)(F)F. The summed E-state index contributed by atoms with van der Waals surface area (Å²) in [5.41, 5.74) is 3.39. The molecule has 1 amide bonds. The van der Waals surface area contributed by atoms with Crippen LogP contribution < -0.4 is 16.5 Å². The molecular weight excluding hydrogens is 463 g/mol. The minimum atomic E-state index is -4.50. The first-order chi connectivity index (χ1) is 16.5. The van der Waals surface area contributed by atoms with E-state index in [9.17, 15) is 22.8 Å². The average Bonchev–Trinajstić information content (AvgIpc) is 3.13. The Bertz CT molecular complexity index is 1180. The molecule has 0 aliphatic carbocycles. The first-order valence-corrected chi connectivity index (χ1v) is 10.5. The number of hydrogen-bond acceptors (Lipinski definition) is 7. The fourth-order valence-electron chi connectivity index (χ4n) is 3.36. The molecule has 188 valence electrons. The van der Waals surface area contributed by atoms with Crippen molar-refractivity contribution in [3.63, 3.8) is 0 Å². The van der Waals surface area contributed by atoms with Crippen LogP contribution in [0.2, 0.25) is 0 Å². The number of carbonyl (C=O) groups excluding carboxylic acids is 2. The number of hydrazone groups is 1. The van der Waals surface area contributed by atoms with Crippen molar-refractivity contribution in [1.29, 1.82) is 0 Å². The Morgan fingerprint density at radius 1 is 1.34 bits per heavy atom. The van der Waals surface area contributed by atoms with Gasteiger partial charge in [-0.15, -0.1) is 0 Å². The van der Waals surface area contributed by atoms with Crippen molar-refractivity contribution in [3.05, 3.63) is 53.7 Å². The summed E-state index contributed by atoms with van der Waals surface area (Å²) in [6.45, 7) is 3.74. The van der Waals surface area contributed by atoms with E-state index in [4.69, 9.17) is 0 Å². The number of fused-ring (bicyclic) bond motifs is 1. The number of anilines is 2. The highest BCUT2D eigenvalue weighted by molar-refractivity contribution is 5.90. The lowest BCUT2D eigenvalue weighted by atomic mass is 10.1. The third kappa shape index (κ3) is 7.54. The highest BCUT2D eigenvalue weighted by Gasteiger charge is 2.37. The molecule has 35 heavy (non-hydrogen) atoms. The highest BCUT2D eigenvalue weighted by atomic mass is 19.4. The molecule has 1 aromatic heterocycles. The Morgan fingerprint density at radius 3 is 2.66 bits per heavy atom. The summed E-state index contributed by atoms with van der Waals surface area (Å²) in [7, 11) is 3.45. The van der Waals surface area contributed by atoms with Crippen LogP contribution >= 0.6 is 0 Å². The van der Waals surface area contributed by atoms with Crippen molar-refractivity contribution in [2.24, 2.45) is 18.0 Å². The van der Waals surface area contributed by atoms with Gasteiger partial charge >= 0.3 is 6.18 Å². The van der Waals surface area contributed by atoms with Crippen LogP contribution in [-0.4, -0.2) is 59.4 Å². The summed E-state index contributed by atoms with van der Waals surface area (Å²) in [4.78, 5) is 25.3. The topological polar surface area (TPSA) is 118 Å².